The Kier molecular flexibility index (Phi) is 3.64. The molecule has 0 aliphatic carbocycles. The summed E-state index contributed by atoms with van der Waals surface area (Å²) in [7, 11) is 0. The highest BCUT2D eigenvalue weighted by atomic mass is 32.1. The lowest BCUT2D eigenvalue weighted by molar-refractivity contribution is -0.140. The Balaban J connectivity index is 2.46. The molecule has 6 heteroatoms. The van der Waals surface area contributed by atoms with Crippen LogP contribution in [0.3, 0.4) is 0 Å². The smallest absolute Gasteiger partial charge is 0.320 e. The third kappa shape index (κ3) is 2.79. The largest absolute Gasteiger partial charge is 0.419 e. The van der Waals surface area contributed by atoms with Gasteiger partial charge in [-0.2, -0.15) is 13.2 Å². The van der Waals surface area contributed by atoms with Crippen LogP contribution in [0, 0.1) is 12.7 Å². The summed E-state index contributed by atoms with van der Waals surface area (Å²) >= 11 is 1.42. The van der Waals surface area contributed by atoms with E-state index in [9.17, 15) is 17.6 Å². The van der Waals surface area contributed by atoms with E-state index in [0.717, 1.165) is 4.88 Å². The van der Waals surface area contributed by atoms with Crippen LogP contribution < -0.4 is 5.73 Å². The minimum absolute atomic E-state index is 0.146. The van der Waals surface area contributed by atoms with E-state index < -0.39 is 23.6 Å². The van der Waals surface area contributed by atoms with Crippen molar-refractivity contribution in [3.05, 3.63) is 57.0 Å². The van der Waals surface area contributed by atoms with Crippen LogP contribution in [-0.4, -0.2) is 0 Å². The van der Waals surface area contributed by atoms with Gasteiger partial charge < -0.3 is 5.73 Å². The number of benzene rings is 1. The highest BCUT2D eigenvalue weighted by Gasteiger charge is 2.35. The molecule has 1 atom stereocenters. The predicted molar refractivity (Wildman–Crippen MR) is 66.5 cm³/mol. The monoisotopic (exact) mass is 289 g/mol. The van der Waals surface area contributed by atoms with Crippen LogP contribution in [0.1, 0.15) is 27.6 Å². The van der Waals surface area contributed by atoms with Gasteiger partial charge in [-0.1, -0.05) is 12.1 Å². The Morgan fingerprint density at radius 1 is 1.26 bits per heavy atom. The van der Waals surface area contributed by atoms with Gasteiger partial charge in [-0.3, -0.25) is 0 Å². The van der Waals surface area contributed by atoms with Crippen molar-refractivity contribution in [2.24, 2.45) is 5.73 Å². The highest BCUT2D eigenvalue weighted by Crippen LogP contribution is 2.35. The first-order chi connectivity index (χ1) is 8.80. The average Bonchev–Trinajstić information content (AvgIpc) is 2.74. The van der Waals surface area contributed by atoms with Gasteiger partial charge in [0.15, 0.2) is 0 Å². The van der Waals surface area contributed by atoms with E-state index in [0.29, 0.717) is 11.6 Å². The first kappa shape index (κ1) is 14.0. The normalized spacial score (nSPS) is 13.6. The zero-order chi connectivity index (χ0) is 14.2. The molecule has 0 fully saturated rings. The maximum atomic E-state index is 13.9. The molecule has 0 saturated heterocycles. The number of nitrogens with two attached hydrogens (primary N) is 1. The number of hydrogen-bond donors (Lipinski definition) is 1. The van der Waals surface area contributed by atoms with Gasteiger partial charge in [0.25, 0.3) is 0 Å². The van der Waals surface area contributed by atoms with Crippen molar-refractivity contribution in [3.63, 3.8) is 0 Å². The molecule has 0 amide bonds. The first-order valence-corrected chi connectivity index (χ1v) is 6.35. The fraction of sp³-hybridized carbons (Fsp3) is 0.231. The number of thiophene rings is 1. The van der Waals surface area contributed by atoms with Crippen molar-refractivity contribution in [2.45, 2.75) is 19.1 Å². The molecule has 1 heterocycles. The minimum Gasteiger partial charge on any atom is -0.320 e. The minimum atomic E-state index is -4.72. The highest BCUT2D eigenvalue weighted by molar-refractivity contribution is 7.10. The molecule has 0 radical (unpaired) electrons. The van der Waals surface area contributed by atoms with E-state index in [2.05, 4.69) is 0 Å². The zero-order valence-electron chi connectivity index (χ0n) is 9.96. The molecule has 1 unspecified atom stereocenters. The molecule has 0 aliphatic rings. The fourth-order valence-corrected chi connectivity index (χ4v) is 2.56. The van der Waals surface area contributed by atoms with Crippen molar-refractivity contribution < 1.29 is 17.6 Å². The van der Waals surface area contributed by atoms with E-state index >= 15 is 0 Å². The Labute approximate surface area is 111 Å². The summed E-state index contributed by atoms with van der Waals surface area (Å²) in [5, 5.41) is 1.72. The summed E-state index contributed by atoms with van der Waals surface area (Å²) in [5.74, 6) is -1.30. The van der Waals surface area contributed by atoms with Crippen molar-refractivity contribution in [1.82, 2.24) is 0 Å². The van der Waals surface area contributed by atoms with Gasteiger partial charge in [0.1, 0.15) is 5.82 Å². The molecule has 2 aromatic rings. The number of aryl methyl sites for hydroxylation is 1. The van der Waals surface area contributed by atoms with E-state index in [1.807, 2.05) is 6.92 Å². The summed E-state index contributed by atoms with van der Waals surface area (Å²) < 4.78 is 51.8. The Morgan fingerprint density at radius 2 is 1.95 bits per heavy atom. The summed E-state index contributed by atoms with van der Waals surface area (Å²) in [4.78, 5) is 0.970. The van der Waals surface area contributed by atoms with E-state index in [1.54, 1.807) is 11.4 Å². The Hall–Kier alpha value is -1.40. The summed E-state index contributed by atoms with van der Waals surface area (Å²) in [6, 6.07) is 4.01. The summed E-state index contributed by atoms with van der Waals surface area (Å²) in [6.07, 6.45) is -4.72. The van der Waals surface area contributed by atoms with Crippen LogP contribution in [-0.2, 0) is 6.18 Å². The molecule has 0 saturated carbocycles. The fourth-order valence-electron chi connectivity index (χ4n) is 1.82. The third-order valence-corrected chi connectivity index (χ3v) is 3.66. The lowest BCUT2D eigenvalue weighted by Crippen LogP contribution is -2.16. The lowest BCUT2D eigenvalue weighted by atomic mass is 9.99. The van der Waals surface area contributed by atoms with Crippen LogP contribution >= 0.6 is 11.3 Å². The van der Waals surface area contributed by atoms with Crippen molar-refractivity contribution in [2.75, 3.05) is 0 Å². The van der Waals surface area contributed by atoms with Gasteiger partial charge in [0.05, 0.1) is 11.6 Å². The first-order valence-electron chi connectivity index (χ1n) is 5.47. The lowest BCUT2D eigenvalue weighted by Gasteiger charge is -2.15. The molecule has 1 aromatic carbocycles. The van der Waals surface area contributed by atoms with Crippen LogP contribution in [0.2, 0.25) is 0 Å². The molecule has 2 rings (SSSR count). The number of halogens is 4. The molecular weight excluding hydrogens is 278 g/mol. The standard InChI is InChI=1S/C13H11F4NS/c1-7-5-8(6-19-7)12(18)9-3-2-4-10(11(9)14)13(15,16)17/h2-6,12H,18H2,1H3. The second kappa shape index (κ2) is 4.94. The SMILES string of the molecule is Cc1cc(C(N)c2cccc(C(F)(F)F)c2F)cs1. The molecule has 1 nitrogen and oxygen atoms in total. The third-order valence-electron chi connectivity index (χ3n) is 2.78. The molecule has 0 aliphatic heterocycles. The van der Waals surface area contributed by atoms with Gasteiger partial charge in [-0.15, -0.1) is 11.3 Å². The Bertz CT molecular complexity index is 589. The van der Waals surface area contributed by atoms with Crippen molar-refractivity contribution >= 4 is 11.3 Å². The van der Waals surface area contributed by atoms with Gasteiger partial charge in [0, 0.05) is 10.4 Å². The predicted octanol–water partition coefficient (Wildman–Crippen LogP) is 4.26. The second-order valence-electron chi connectivity index (χ2n) is 4.17. The van der Waals surface area contributed by atoms with Crippen molar-refractivity contribution in [3.8, 4) is 0 Å². The molecule has 0 spiro atoms. The number of rotatable bonds is 2. The van der Waals surface area contributed by atoms with E-state index in [-0.39, 0.29) is 5.56 Å². The van der Waals surface area contributed by atoms with Crippen LogP contribution in [0.5, 0.6) is 0 Å². The van der Waals surface area contributed by atoms with Crippen molar-refractivity contribution in [1.29, 1.82) is 0 Å². The Morgan fingerprint density at radius 3 is 2.47 bits per heavy atom. The number of alkyl halides is 3. The molecule has 1 aromatic heterocycles. The molecule has 19 heavy (non-hydrogen) atoms. The van der Waals surface area contributed by atoms with Gasteiger partial charge in [-0.05, 0) is 30.0 Å². The maximum absolute atomic E-state index is 13.9. The molecule has 0 bridgehead atoms. The van der Waals surface area contributed by atoms with Crippen LogP contribution in [0.15, 0.2) is 29.6 Å². The quantitative estimate of drug-likeness (QED) is 0.821. The van der Waals surface area contributed by atoms with Crippen LogP contribution in [0.25, 0.3) is 0 Å². The maximum Gasteiger partial charge on any atom is 0.419 e. The summed E-state index contributed by atoms with van der Waals surface area (Å²) in [5.41, 5.74) is 5.02. The average molecular weight is 289 g/mol. The molecule has 2 N–H and O–H groups in total. The zero-order valence-corrected chi connectivity index (χ0v) is 10.8. The van der Waals surface area contributed by atoms with Gasteiger partial charge >= 0.3 is 6.18 Å². The number of hydrogen-bond acceptors (Lipinski definition) is 2. The van der Waals surface area contributed by atoms with Gasteiger partial charge in [0.2, 0.25) is 0 Å². The van der Waals surface area contributed by atoms with E-state index in [1.165, 1.54) is 23.5 Å². The van der Waals surface area contributed by atoms with Crippen LogP contribution in [0.4, 0.5) is 17.6 Å². The van der Waals surface area contributed by atoms with E-state index in [4.69, 9.17) is 5.73 Å². The molecule has 102 valence electrons. The summed E-state index contributed by atoms with van der Waals surface area (Å²) in [6.45, 7) is 1.85. The topological polar surface area (TPSA) is 26.0 Å². The van der Waals surface area contributed by atoms with Gasteiger partial charge in [-0.25, -0.2) is 4.39 Å². The molecular formula is C13H11F4NS. The second-order valence-corrected chi connectivity index (χ2v) is 5.29.